The maximum atomic E-state index is 12.7. The molecule has 1 saturated heterocycles. The normalized spacial score (nSPS) is 23.9. The molecule has 1 heterocycles. The Hall–Kier alpha value is -0.910. The average Bonchev–Trinajstić information content (AvgIpc) is 3.32. The highest BCUT2D eigenvalue weighted by atomic mass is 32.2. The molecule has 22 heavy (non-hydrogen) atoms. The predicted molar refractivity (Wildman–Crippen MR) is 89.1 cm³/mol. The number of nitrogens with zero attached hydrogens (tertiary/aromatic N) is 2. The molecule has 1 aliphatic carbocycles. The van der Waals surface area contributed by atoms with Crippen molar-refractivity contribution < 1.29 is 8.42 Å². The van der Waals surface area contributed by atoms with Gasteiger partial charge in [0, 0.05) is 19.1 Å². The lowest BCUT2D eigenvalue weighted by atomic mass is 9.96. The molecule has 0 amide bonds. The van der Waals surface area contributed by atoms with Crippen molar-refractivity contribution in [3.63, 3.8) is 0 Å². The van der Waals surface area contributed by atoms with Crippen molar-refractivity contribution in [3.8, 4) is 0 Å². The van der Waals surface area contributed by atoms with Gasteiger partial charge in [-0.15, -0.1) is 0 Å². The molecule has 1 aromatic carbocycles. The molecular weight excluding hydrogens is 296 g/mol. The van der Waals surface area contributed by atoms with Crippen LogP contribution >= 0.6 is 0 Å². The van der Waals surface area contributed by atoms with Gasteiger partial charge < -0.3 is 4.90 Å². The smallest absolute Gasteiger partial charge is 0.217 e. The van der Waals surface area contributed by atoms with Crippen molar-refractivity contribution in [2.75, 3.05) is 20.6 Å². The highest BCUT2D eigenvalue weighted by Gasteiger charge is 2.43. The van der Waals surface area contributed by atoms with Gasteiger partial charge in [-0.25, -0.2) is 8.42 Å². The Morgan fingerprint density at radius 2 is 1.77 bits per heavy atom. The molecule has 3 rings (SSSR count). The van der Waals surface area contributed by atoms with E-state index < -0.39 is 10.0 Å². The first-order valence-electron chi connectivity index (χ1n) is 8.23. The Morgan fingerprint density at radius 3 is 2.36 bits per heavy atom. The number of benzene rings is 1. The summed E-state index contributed by atoms with van der Waals surface area (Å²) < 4.78 is 27.1. The molecule has 122 valence electrons. The average molecular weight is 322 g/mol. The summed E-state index contributed by atoms with van der Waals surface area (Å²) in [5.41, 5.74) is 2.41. The van der Waals surface area contributed by atoms with Crippen LogP contribution in [0.1, 0.15) is 49.3 Å². The molecule has 4 nitrogen and oxygen atoms in total. The molecule has 0 bridgehead atoms. The van der Waals surface area contributed by atoms with Crippen molar-refractivity contribution in [3.05, 3.63) is 35.4 Å². The van der Waals surface area contributed by atoms with Crippen LogP contribution in [0, 0.1) is 0 Å². The summed E-state index contributed by atoms with van der Waals surface area (Å²) >= 11 is 0. The van der Waals surface area contributed by atoms with Gasteiger partial charge in [-0.1, -0.05) is 30.7 Å². The Bertz CT molecular complexity index is 606. The van der Waals surface area contributed by atoms with Crippen LogP contribution in [0.4, 0.5) is 0 Å². The van der Waals surface area contributed by atoms with Crippen molar-refractivity contribution >= 4 is 10.0 Å². The number of hydrogen-bond acceptors (Lipinski definition) is 3. The minimum atomic E-state index is -3.09. The molecule has 0 radical (unpaired) electrons. The predicted octanol–water partition coefficient (Wildman–Crippen LogP) is 2.77. The van der Waals surface area contributed by atoms with Crippen LogP contribution in [0.3, 0.4) is 0 Å². The van der Waals surface area contributed by atoms with E-state index in [1.54, 1.807) is 4.31 Å². The lowest BCUT2D eigenvalue weighted by Crippen LogP contribution is -2.40. The van der Waals surface area contributed by atoms with Crippen LogP contribution in [0.2, 0.25) is 0 Å². The third-order valence-corrected chi connectivity index (χ3v) is 6.99. The first-order valence-corrected chi connectivity index (χ1v) is 9.73. The molecule has 1 aliphatic heterocycles. The van der Waals surface area contributed by atoms with Gasteiger partial charge >= 0.3 is 0 Å². The topological polar surface area (TPSA) is 40.6 Å². The van der Waals surface area contributed by atoms with Gasteiger partial charge in [-0.3, -0.25) is 0 Å². The molecule has 1 saturated carbocycles. The number of hydrogen-bond donors (Lipinski definition) is 0. The Morgan fingerprint density at radius 1 is 1.09 bits per heavy atom. The van der Waals surface area contributed by atoms with E-state index in [0.29, 0.717) is 6.54 Å². The minimum Gasteiger partial charge on any atom is -0.305 e. The third-order valence-electron chi connectivity index (χ3n) is 4.59. The van der Waals surface area contributed by atoms with Gasteiger partial charge in [0.2, 0.25) is 10.0 Å². The van der Waals surface area contributed by atoms with Gasteiger partial charge in [0.25, 0.3) is 0 Å². The fourth-order valence-corrected chi connectivity index (χ4v) is 5.39. The molecule has 0 N–H and O–H groups in total. The summed E-state index contributed by atoms with van der Waals surface area (Å²) in [4.78, 5) is 2.14. The first kappa shape index (κ1) is 16.0. The standard InChI is InChI=1S/C17H26N2O2S/c1-18(2)13-14-6-8-15(9-7-14)17-5-3-4-12-19(17)22(20,21)16-10-11-16/h6-9,16-17H,3-5,10-13H2,1-2H3/t17-/m0/s1. The highest BCUT2D eigenvalue weighted by molar-refractivity contribution is 7.90. The molecule has 2 aliphatic rings. The summed E-state index contributed by atoms with van der Waals surface area (Å²) in [6.45, 7) is 1.60. The van der Waals surface area contributed by atoms with E-state index >= 15 is 0 Å². The lowest BCUT2D eigenvalue weighted by molar-refractivity contribution is 0.255. The molecule has 0 spiro atoms. The van der Waals surface area contributed by atoms with Gasteiger partial charge in [0.1, 0.15) is 0 Å². The molecular formula is C17H26N2O2S. The number of sulfonamides is 1. The maximum absolute atomic E-state index is 12.7. The summed E-state index contributed by atoms with van der Waals surface area (Å²) in [5, 5.41) is -0.110. The summed E-state index contributed by atoms with van der Waals surface area (Å²) in [6.07, 6.45) is 4.72. The largest absolute Gasteiger partial charge is 0.305 e. The van der Waals surface area contributed by atoms with Gasteiger partial charge in [0.05, 0.1) is 5.25 Å². The SMILES string of the molecule is CN(C)Cc1ccc([C@@H]2CCCCN2S(=O)(=O)C2CC2)cc1. The van der Waals surface area contributed by atoms with Crippen LogP contribution in [0.25, 0.3) is 0 Å². The molecule has 2 fully saturated rings. The fourth-order valence-electron chi connectivity index (χ4n) is 3.31. The zero-order valence-electron chi connectivity index (χ0n) is 13.5. The van der Waals surface area contributed by atoms with E-state index in [2.05, 4.69) is 43.3 Å². The van der Waals surface area contributed by atoms with E-state index in [-0.39, 0.29) is 11.3 Å². The Kier molecular flexibility index (Phi) is 4.57. The number of rotatable bonds is 5. The molecule has 5 heteroatoms. The second-order valence-electron chi connectivity index (χ2n) is 6.85. The number of piperidine rings is 1. The fraction of sp³-hybridized carbons (Fsp3) is 0.647. The van der Waals surface area contributed by atoms with E-state index in [9.17, 15) is 8.42 Å². The van der Waals surface area contributed by atoms with Gasteiger partial charge in [0.15, 0.2) is 0 Å². The van der Waals surface area contributed by atoms with Gasteiger partial charge in [-0.05, 0) is 50.9 Å². The highest BCUT2D eigenvalue weighted by Crippen LogP contribution is 2.39. The van der Waals surface area contributed by atoms with E-state index in [1.165, 1.54) is 5.56 Å². The van der Waals surface area contributed by atoms with Crippen LogP contribution in [-0.4, -0.2) is 43.5 Å². The monoisotopic (exact) mass is 322 g/mol. The van der Waals surface area contributed by atoms with Crippen molar-refractivity contribution in [2.45, 2.75) is 49.9 Å². The van der Waals surface area contributed by atoms with Crippen molar-refractivity contribution in [1.29, 1.82) is 0 Å². The van der Waals surface area contributed by atoms with Crippen LogP contribution < -0.4 is 0 Å². The molecule has 1 atom stereocenters. The zero-order chi connectivity index (χ0) is 15.7. The van der Waals surface area contributed by atoms with Crippen molar-refractivity contribution in [1.82, 2.24) is 9.21 Å². The summed E-state index contributed by atoms with van der Waals surface area (Å²) in [5.74, 6) is 0. The van der Waals surface area contributed by atoms with E-state index in [1.807, 2.05) is 0 Å². The van der Waals surface area contributed by atoms with Crippen LogP contribution in [-0.2, 0) is 16.6 Å². The van der Waals surface area contributed by atoms with Gasteiger partial charge in [-0.2, -0.15) is 4.31 Å². The molecule has 1 aromatic rings. The molecule has 0 unspecified atom stereocenters. The van der Waals surface area contributed by atoms with E-state index in [4.69, 9.17) is 0 Å². The first-order chi connectivity index (χ1) is 10.5. The minimum absolute atomic E-state index is 0.0350. The maximum Gasteiger partial charge on any atom is 0.217 e. The lowest BCUT2D eigenvalue weighted by Gasteiger charge is -2.35. The van der Waals surface area contributed by atoms with Crippen molar-refractivity contribution in [2.24, 2.45) is 0 Å². The quantitative estimate of drug-likeness (QED) is 0.837. The zero-order valence-corrected chi connectivity index (χ0v) is 14.3. The Labute approximate surface area is 134 Å². The van der Waals surface area contributed by atoms with Crippen LogP contribution in [0.5, 0.6) is 0 Å². The third kappa shape index (κ3) is 3.36. The second-order valence-corrected chi connectivity index (χ2v) is 9.01. The summed E-state index contributed by atoms with van der Waals surface area (Å²) in [7, 11) is 1.02. The molecule has 0 aromatic heterocycles. The van der Waals surface area contributed by atoms with E-state index in [0.717, 1.165) is 44.2 Å². The summed E-state index contributed by atoms with van der Waals surface area (Å²) in [6, 6.07) is 8.53. The van der Waals surface area contributed by atoms with Crippen LogP contribution in [0.15, 0.2) is 24.3 Å². The Balaban J connectivity index is 1.81. The second kappa shape index (κ2) is 6.30.